The summed E-state index contributed by atoms with van der Waals surface area (Å²) in [7, 11) is 0. The first-order valence-electron chi connectivity index (χ1n) is 22.8. The number of likely N-dealkylation sites (tertiary alicyclic amines) is 1. The molecule has 54 heavy (non-hydrogen) atoms. The number of aliphatic hydroxyl groups is 1. The Morgan fingerprint density at radius 1 is 0.741 bits per heavy atom. The molecule has 5 saturated carbocycles. The van der Waals surface area contributed by atoms with Gasteiger partial charge in [0.1, 0.15) is 6.04 Å². The molecule has 0 radical (unpaired) electrons. The van der Waals surface area contributed by atoms with Gasteiger partial charge in [-0.05, 0) is 164 Å². The van der Waals surface area contributed by atoms with Crippen LogP contribution >= 0.6 is 0 Å². The average molecular weight is 752 g/mol. The van der Waals surface area contributed by atoms with Crippen LogP contribution < -0.4 is 11.1 Å². The van der Waals surface area contributed by atoms with Crippen molar-refractivity contribution in [3.8, 4) is 0 Å². The van der Waals surface area contributed by atoms with Crippen molar-refractivity contribution in [1.82, 2.24) is 10.2 Å². The van der Waals surface area contributed by atoms with E-state index in [1.54, 1.807) is 4.90 Å². The Kier molecular flexibility index (Phi) is 14.3. The van der Waals surface area contributed by atoms with Crippen molar-refractivity contribution in [2.24, 2.45) is 47.2 Å². The number of fused-ring (bicyclic) bond motifs is 1. The molecular formula is C45H73N3O6. The highest BCUT2D eigenvalue weighted by Crippen LogP contribution is 2.48. The molecule has 2 heterocycles. The molecule has 0 bridgehead atoms. The molecule has 0 aromatic carbocycles. The first-order chi connectivity index (χ1) is 26.3. The van der Waals surface area contributed by atoms with E-state index in [1.807, 2.05) is 11.1 Å². The number of carbonyl (C=O) groups excluding carboxylic acids is 3. The van der Waals surface area contributed by atoms with Crippen molar-refractivity contribution >= 4 is 17.7 Å². The second kappa shape index (κ2) is 19.1. The fraction of sp³-hybridized carbons (Fsp3) is 0.889. The Bertz CT molecular complexity index is 1300. The van der Waals surface area contributed by atoms with Crippen molar-refractivity contribution < 1.29 is 29.0 Å². The quantitative estimate of drug-likeness (QED) is 0.102. The van der Waals surface area contributed by atoms with Gasteiger partial charge in [0.15, 0.2) is 0 Å². The first-order valence-corrected chi connectivity index (χ1v) is 22.8. The maximum Gasteiger partial charge on any atom is 0.249 e. The number of unbranched alkanes of at least 4 members (excludes halogenated alkanes) is 1. The molecule has 0 spiro atoms. The number of nitrogens with two attached hydrogens (primary N) is 1. The van der Waals surface area contributed by atoms with Crippen LogP contribution in [0.1, 0.15) is 161 Å². The second-order valence-electron chi connectivity index (χ2n) is 18.8. The number of hydrogen-bond acceptors (Lipinski definition) is 7. The van der Waals surface area contributed by atoms with Gasteiger partial charge in [0.05, 0.1) is 18.3 Å². The molecule has 9 heteroatoms. The zero-order valence-electron chi connectivity index (χ0n) is 33.5. The molecule has 5 aliphatic carbocycles. The average Bonchev–Trinajstić information content (AvgIpc) is 3.51. The van der Waals surface area contributed by atoms with Gasteiger partial charge in [-0.15, -0.1) is 0 Å². The van der Waals surface area contributed by atoms with E-state index in [0.29, 0.717) is 55.1 Å². The van der Waals surface area contributed by atoms with Gasteiger partial charge in [-0.1, -0.05) is 37.3 Å². The van der Waals surface area contributed by atoms with Crippen LogP contribution in [-0.2, 0) is 23.9 Å². The maximum absolute atomic E-state index is 13.3. The largest absolute Gasteiger partial charge is 0.393 e. The lowest BCUT2D eigenvalue weighted by Gasteiger charge is -2.41. The third kappa shape index (κ3) is 9.65. The molecule has 3 amide bonds. The van der Waals surface area contributed by atoms with E-state index >= 15 is 0 Å². The monoisotopic (exact) mass is 752 g/mol. The summed E-state index contributed by atoms with van der Waals surface area (Å²) in [6.07, 6.45) is 26.6. The van der Waals surface area contributed by atoms with Crippen LogP contribution in [0.3, 0.4) is 0 Å². The zero-order chi connectivity index (χ0) is 37.6. The van der Waals surface area contributed by atoms with Gasteiger partial charge in [-0.3, -0.25) is 19.7 Å². The number of piperidine rings is 1. The van der Waals surface area contributed by atoms with E-state index in [9.17, 15) is 19.5 Å². The second-order valence-corrected chi connectivity index (χ2v) is 18.8. The standard InChI is InChI=1S/C45H73N3O6/c1-2-37(29-8-4-3-5-9-29)43(30-10-16-35(49)17-11-30)31-12-18-36(19-13-31)53-24-6-7-25-54-41-27-33(15-21-39(41)46)32-14-20-38-34(26-32)28-48(45(38)52)40-22-23-42(50)47-44(40)51/h29-36,38-41,49H,2-28,46H2,1H3,(H,47,50,51)/b43-37-. The lowest BCUT2D eigenvalue weighted by Crippen LogP contribution is -2.53. The van der Waals surface area contributed by atoms with E-state index in [4.69, 9.17) is 15.2 Å². The predicted molar refractivity (Wildman–Crippen MR) is 210 cm³/mol. The molecule has 9 nitrogen and oxygen atoms in total. The SMILES string of the molecule is CC/C(=C(\C1CCC(O)CC1)C1CCC(OCCCCOC2CC(C3CCC4C(=O)N(C5CCC(=O)NC5=O)CC4C3)CCC2N)CC1)C1CCCCC1. The van der Waals surface area contributed by atoms with E-state index in [2.05, 4.69) is 12.2 Å². The van der Waals surface area contributed by atoms with Gasteiger partial charge in [-0.25, -0.2) is 0 Å². The molecule has 7 rings (SSSR count). The fourth-order valence-electron chi connectivity index (χ4n) is 12.5. The molecule has 2 aliphatic heterocycles. The Morgan fingerprint density at radius 3 is 2.11 bits per heavy atom. The van der Waals surface area contributed by atoms with E-state index < -0.39 is 6.04 Å². The summed E-state index contributed by atoms with van der Waals surface area (Å²) < 4.78 is 13.0. The molecule has 7 unspecified atom stereocenters. The highest BCUT2D eigenvalue weighted by Gasteiger charge is 2.49. The van der Waals surface area contributed by atoms with Crippen LogP contribution in [0.5, 0.6) is 0 Å². The Morgan fingerprint density at radius 2 is 1.41 bits per heavy atom. The number of amides is 3. The molecule has 2 saturated heterocycles. The van der Waals surface area contributed by atoms with Crippen LogP contribution in [0, 0.1) is 41.4 Å². The van der Waals surface area contributed by atoms with Crippen molar-refractivity contribution in [3.05, 3.63) is 11.1 Å². The number of imide groups is 1. The first kappa shape index (κ1) is 40.4. The van der Waals surface area contributed by atoms with Gasteiger partial charge in [0.25, 0.3) is 0 Å². The summed E-state index contributed by atoms with van der Waals surface area (Å²) in [5.74, 6) is 3.25. The molecule has 4 N–H and O–H groups in total. The molecule has 0 aromatic heterocycles. The Hall–Kier alpha value is -1.81. The van der Waals surface area contributed by atoms with Crippen molar-refractivity contribution in [3.63, 3.8) is 0 Å². The normalized spacial score (nSPS) is 38.9. The Labute approximate surface area is 325 Å². The van der Waals surface area contributed by atoms with Crippen LogP contribution in [-0.4, -0.2) is 77.9 Å². The molecular weight excluding hydrogens is 679 g/mol. The number of rotatable bonds is 13. The van der Waals surface area contributed by atoms with E-state index in [1.165, 1.54) is 77.0 Å². The number of aliphatic hydroxyl groups excluding tert-OH is 1. The Balaban J connectivity index is 0.816. The van der Waals surface area contributed by atoms with Crippen molar-refractivity contribution in [2.75, 3.05) is 19.8 Å². The van der Waals surface area contributed by atoms with Gasteiger partial charge in [0, 0.05) is 38.1 Å². The lowest BCUT2D eigenvalue weighted by atomic mass is 9.67. The maximum atomic E-state index is 13.3. The summed E-state index contributed by atoms with van der Waals surface area (Å²) >= 11 is 0. The number of carbonyl (C=O) groups is 3. The lowest BCUT2D eigenvalue weighted by molar-refractivity contribution is -0.144. The smallest absolute Gasteiger partial charge is 0.249 e. The number of hydrogen-bond donors (Lipinski definition) is 3. The number of allylic oxidation sites excluding steroid dienone is 2. The van der Waals surface area contributed by atoms with Crippen LogP contribution in [0.15, 0.2) is 11.1 Å². The summed E-state index contributed by atoms with van der Waals surface area (Å²) in [5, 5.41) is 12.7. The number of ether oxygens (including phenoxy) is 2. The van der Waals surface area contributed by atoms with Crippen molar-refractivity contribution in [2.45, 2.75) is 191 Å². The van der Waals surface area contributed by atoms with E-state index in [-0.39, 0.29) is 41.9 Å². The minimum Gasteiger partial charge on any atom is -0.393 e. The third-order valence-corrected chi connectivity index (χ3v) is 15.5. The van der Waals surface area contributed by atoms with Crippen molar-refractivity contribution in [1.29, 1.82) is 0 Å². The molecule has 7 atom stereocenters. The van der Waals surface area contributed by atoms with Gasteiger partial charge < -0.3 is 25.2 Å². The van der Waals surface area contributed by atoms with Crippen LogP contribution in [0.2, 0.25) is 0 Å². The minimum absolute atomic E-state index is 0.0219. The van der Waals surface area contributed by atoms with Gasteiger partial charge in [0.2, 0.25) is 17.7 Å². The zero-order valence-corrected chi connectivity index (χ0v) is 33.5. The predicted octanol–water partition coefficient (Wildman–Crippen LogP) is 7.37. The number of nitrogens with one attached hydrogen (secondary N) is 1. The summed E-state index contributed by atoms with van der Waals surface area (Å²) in [6, 6.07) is -0.405. The topological polar surface area (TPSA) is 131 Å². The highest BCUT2D eigenvalue weighted by molar-refractivity contribution is 6.02. The summed E-state index contributed by atoms with van der Waals surface area (Å²) in [6.45, 7) is 4.60. The van der Waals surface area contributed by atoms with Crippen LogP contribution in [0.25, 0.3) is 0 Å². The third-order valence-electron chi connectivity index (χ3n) is 15.5. The van der Waals surface area contributed by atoms with E-state index in [0.717, 1.165) is 83.3 Å². The van der Waals surface area contributed by atoms with Crippen LogP contribution in [0.4, 0.5) is 0 Å². The molecule has 304 valence electrons. The summed E-state index contributed by atoms with van der Waals surface area (Å²) in [5.41, 5.74) is 10.3. The van der Waals surface area contributed by atoms with Gasteiger partial charge in [-0.2, -0.15) is 0 Å². The summed E-state index contributed by atoms with van der Waals surface area (Å²) in [4.78, 5) is 39.3. The van der Waals surface area contributed by atoms with Gasteiger partial charge >= 0.3 is 0 Å². The molecule has 7 fully saturated rings. The minimum atomic E-state index is -0.492. The highest BCUT2D eigenvalue weighted by atomic mass is 16.5. The molecule has 7 aliphatic rings. The number of nitrogens with zero attached hydrogens (tertiary/aromatic N) is 1. The fourth-order valence-corrected chi connectivity index (χ4v) is 12.5. The molecule has 0 aromatic rings.